The van der Waals surface area contributed by atoms with Crippen molar-refractivity contribution in [3.05, 3.63) is 23.4 Å². The SMILES string of the molecule is CCCCN1CCC[C@@H]1c1cnc(OC)c(C)c1. The normalized spacial score (nSPS) is 20.3. The number of pyridine rings is 1. The lowest BCUT2D eigenvalue weighted by Crippen LogP contribution is -2.24. The van der Waals surface area contributed by atoms with Crippen LogP contribution < -0.4 is 4.74 Å². The van der Waals surface area contributed by atoms with Gasteiger partial charge < -0.3 is 4.74 Å². The van der Waals surface area contributed by atoms with Crippen molar-refractivity contribution in [1.29, 1.82) is 0 Å². The van der Waals surface area contributed by atoms with Gasteiger partial charge in [0.15, 0.2) is 0 Å². The number of rotatable bonds is 5. The lowest BCUT2D eigenvalue weighted by atomic mass is 10.0. The Balaban J connectivity index is 2.12. The lowest BCUT2D eigenvalue weighted by Gasteiger charge is -2.24. The first-order valence-corrected chi connectivity index (χ1v) is 7.00. The van der Waals surface area contributed by atoms with E-state index in [2.05, 4.69) is 29.8 Å². The average molecular weight is 248 g/mol. The summed E-state index contributed by atoms with van der Waals surface area (Å²) in [5, 5.41) is 0. The summed E-state index contributed by atoms with van der Waals surface area (Å²) in [5.41, 5.74) is 2.49. The molecule has 0 aromatic carbocycles. The van der Waals surface area contributed by atoms with Crippen LogP contribution in [0.4, 0.5) is 0 Å². The van der Waals surface area contributed by atoms with Gasteiger partial charge >= 0.3 is 0 Å². The summed E-state index contributed by atoms with van der Waals surface area (Å²) in [6.45, 7) is 6.77. The standard InChI is InChI=1S/C15H24N2O/c1-4-5-8-17-9-6-7-14(17)13-10-12(2)15(18-3)16-11-13/h10-11,14H,4-9H2,1-3H3/t14-/m1/s1. The molecule has 2 rings (SSSR count). The molecule has 18 heavy (non-hydrogen) atoms. The van der Waals surface area contributed by atoms with Crippen LogP contribution in [0, 0.1) is 6.92 Å². The molecule has 0 bridgehead atoms. The summed E-state index contributed by atoms with van der Waals surface area (Å²) >= 11 is 0. The number of aryl methyl sites for hydroxylation is 1. The molecule has 1 aliphatic rings. The molecule has 0 aliphatic carbocycles. The molecule has 2 heterocycles. The Labute approximate surface area is 110 Å². The van der Waals surface area contributed by atoms with Crippen LogP contribution in [0.15, 0.2) is 12.3 Å². The Bertz CT molecular complexity index is 392. The van der Waals surface area contributed by atoms with E-state index in [1.54, 1.807) is 7.11 Å². The highest BCUT2D eigenvalue weighted by molar-refractivity contribution is 5.30. The van der Waals surface area contributed by atoms with E-state index in [0.29, 0.717) is 6.04 Å². The average Bonchev–Trinajstić information content (AvgIpc) is 2.84. The van der Waals surface area contributed by atoms with E-state index in [4.69, 9.17) is 4.74 Å². The van der Waals surface area contributed by atoms with Gasteiger partial charge in [0.25, 0.3) is 0 Å². The quantitative estimate of drug-likeness (QED) is 0.799. The summed E-state index contributed by atoms with van der Waals surface area (Å²) < 4.78 is 5.23. The molecule has 0 radical (unpaired) electrons. The van der Waals surface area contributed by atoms with Crippen LogP contribution in [0.25, 0.3) is 0 Å². The van der Waals surface area contributed by atoms with Crippen LogP contribution in [0.3, 0.4) is 0 Å². The number of ether oxygens (including phenoxy) is 1. The van der Waals surface area contributed by atoms with E-state index in [1.807, 2.05) is 6.20 Å². The third-order valence-electron chi connectivity index (χ3n) is 3.79. The Morgan fingerprint density at radius 1 is 1.50 bits per heavy atom. The second-order valence-corrected chi connectivity index (χ2v) is 5.14. The minimum atomic E-state index is 0.564. The van der Waals surface area contributed by atoms with Crippen LogP contribution in [0.5, 0.6) is 5.88 Å². The highest BCUT2D eigenvalue weighted by Gasteiger charge is 2.25. The first-order chi connectivity index (χ1) is 8.76. The van der Waals surface area contributed by atoms with E-state index in [9.17, 15) is 0 Å². The molecule has 1 fully saturated rings. The van der Waals surface area contributed by atoms with E-state index in [0.717, 1.165) is 11.4 Å². The molecule has 1 aromatic heterocycles. The maximum Gasteiger partial charge on any atom is 0.215 e. The second kappa shape index (κ2) is 6.19. The van der Waals surface area contributed by atoms with E-state index in [-0.39, 0.29) is 0 Å². The van der Waals surface area contributed by atoms with Crippen molar-refractivity contribution in [2.45, 2.75) is 45.6 Å². The van der Waals surface area contributed by atoms with Crippen molar-refractivity contribution in [2.75, 3.05) is 20.2 Å². The van der Waals surface area contributed by atoms with Crippen LogP contribution in [0.1, 0.15) is 49.8 Å². The Morgan fingerprint density at radius 2 is 2.33 bits per heavy atom. The highest BCUT2D eigenvalue weighted by atomic mass is 16.5. The number of methoxy groups -OCH3 is 1. The Morgan fingerprint density at radius 3 is 3.00 bits per heavy atom. The molecular weight excluding hydrogens is 224 g/mol. The molecule has 1 aliphatic heterocycles. The predicted molar refractivity (Wildman–Crippen MR) is 74.0 cm³/mol. The van der Waals surface area contributed by atoms with Crippen molar-refractivity contribution >= 4 is 0 Å². The van der Waals surface area contributed by atoms with Gasteiger partial charge in [-0.1, -0.05) is 13.3 Å². The van der Waals surface area contributed by atoms with Gasteiger partial charge in [-0.25, -0.2) is 4.98 Å². The van der Waals surface area contributed by atoms with Crippen molar-refractivity contribution in [3.63, 3.8) is 0 Å². The fourth-order valence-corrected chi connectivity index (χ4v) is 2.81. The Kier molecular flexibility index (Phi) is 4.59. The lowest BCUT2D eigenvalue weighted by molar-refractivity contribution is 0.252. The number of likely N-dealkylation sites (tertiary alicyclic amines) is 1. The van der Waals surface area contributed by atoms with Gasteiger partial charge in [0.05, 0.1) is 7.11 Å². The van der Waals surface area contributed by atoms with Gasteiger partial charge in [0.1, 0.15) is 0 Å². The van der Waals surface area contributed by atoms with Crippen LogP contribution in [0.2, 0.25) is 0 Å². The summed E-state index contributed by atoms with van der Waals surface area (Å²) in [6.07, 6.45) is 7.11. The Hall–Kier alpha value is -1.09. The molecule has 1 aromatic rings. The van der Waals surface area contributed by atoms with Crippen molar-refractivity contribution in [2.24, 2.45) is 0 Å². The molecule has 3 nitrogen and oxygen atoms in total. The van der Waals surface area contributed by atoms with Crippen molar-refractivity contribution < 1.29 is 4.74 Å². The predicted octanol–water partition coefficient (Wildman–Crippen LogP) is 3.34. The van der Waals surface area contributed by atoms with Crippen molar-refractivity contribution in [1.82, 2.24) is 9.88 Å². The van der Waals surface area contributed by atoms with Gasteiger partial charge in [0, 0.05) is 17.8 Å². The zero-order valence-electron chi connectivity index (χ0n) is 11.8. The number of aromatic nitrogens is 1. The van der Waals surface area contributed by atoms with Crippen molar-refractivity contribution in [3.8, 4) is 5.88 Å². The topological polar surface area (TPSA) is 25.4 Å². The van der Waals surface area contributed by atoms with Gasteiger partial charge in [-0.2, -0.15) is 0 Å². The summed E-state index contributed by atoms with van der Waals surface area (Å²) in [4.78, 5) is 7.01. The summed E-state index contributed by atoms with van der Waals surface area (Å²) in [5.74, 6) is 0.747. The first-order valence-electron chi connectivity index (χ1n) is 7.00. The second-order valence-electron chi connectivity index (χ2n) is 5.14. The van der Waals surface area contributed by atoms with Gasteiger partial charge in [-0.3, -0.25) is 4.90 Å². The van der Waals surface area contributed by atoms with Gasteiger partial charge in [-0.05, 0) is 50.9 Å². The fourth-order valence-electron chi connectivity index (χ4n) is 2.81. The van der Waals surface area contributed by atoms with E-state index in [1.165, 1.54) is 44.3 Å². The first kappa shape index (κ1) is 13.3. The third kappa shape index (κ3) is 2.83. The largest absolute Gasteiger partial charge is 0.481 e. The molecule has 0 N–H and O–H groups in total. The molecule has 1 saturated heterocycles. The van der Waals surface area contributed by atoms with E-state index < -0.39 is 0 Å². The minimum Gasteiger partial charge on any atom is -0.481 e. The zero-order valence-corrected chi connectivity index (χ0v) is 11.8. The number of nitrogens with zero attached hydrogens (tertiary/aromatic N) is 2. The van der Waals surface area contributed by atoms with Crippen LogP contribution >= 0.6 is 0 Å². The molecule has 0 amide bonds. The molecule has 100 valence electrons. The van der Waals surface area contributed by atoms with Gasteiger partial charge in [0.2, 0.25) is 5.88 Å². The molecule has 3 heteroatoms. The number of unbranched alkanes of at least 4 members (excludes halogenated alkanes) is 1. The smallest absolute Gasteiger partial charge is 0.215 e. The molecule has 1 atom stereocenters. The van der Waals surface area contributed by atoms with Crippen LogP contribution in [-0.4, -0.2) is 30.1 Å². The number of hydrogen-bond acceptors (Lipinski definition) is 3. The fraction of sp³-hybridized carbons (Fsp3) is 0.667. The number of hydrogen-bond donors (Lipinski definition) is 0. The summed E-state index contributed by atoms with van der Waals surface area (Å²) in [7, 11) is 1.68. The van der Waals surface area contributed by atoms with E-state index >= 15 is 0 Å². The van der Waals surface area contributed by atoms with Crippen LogP contribution in [-0.2, 0) is 0 Å². The molecule has 0 saturated carbocycles. The zero-order chi connectivity index (χ0) is 13.0. The maximum atomic E-state index is 5.23. The molecule has 0 unspecified atom stereocenters. The monoisotopic (exact) mass is 248 g/mol. The third-order valence-corrected chi connectivity index (χ3v) is 3.79. The minimum absolute atomic E-state index is 0.564. The highest BCUT2D eigenvalue weighted by Crippen LogP contribution is 2.33. The molecular formula is C15H24N2O. The molecule has 0 spiro atoms. The van der Waals surface area contributed by atoms with Gasteiger partial charge in [-0.15, -0.1) is 0 Å². The maximum absolute atomic E-state index is 5.23. The summed E-state index contributed by atoms with van der Waals surface area (Å²) in [6, 6.07) is 2.80.